The summed E-state index contributed by atoms with van der Waals surface area (Å²) >= 11 is 0. The van der Waals surface area contributed by atoms with Crippen LogP contribution in [0.15, 0.2) is 29.2 Å². The highest BCUT2D eigenvalue weighted by molar-refractivity contribution is 7.89. The largest absolute Gasteiger partial charge is 0.326 e. The molecular weight excluding hydrogens is 312 g/mol. The highest BCUT2D eigenvalue weighted by Crippen LogP contribution is 2.38. The van der Waals surface area contributed by atoms with E-state index >= 15 is 0 Å². The SMILES string of the molecule is CC1CC1C(=O)Nc1ccc(S(=O)(=O)N2CCCCC2C)cc1. The molecule has 0 radical (unpaired) electrons. The summed E-state index contributed by atoms with van der Waals surface area (Å²) in [5.41, 5.74) is 0.653. The van der Waals surface area contributed by atoms with Gasteiger partial charge in [0.15, 0.2) is 0 Å². The average molecular weight is 336 g/mol. The van der Waals surface area contributed by atoms with Crippen LogP contribution < -0.4 is 5.32 Å². The van der Waals surface area contributed by atoms with Gasteiger partial charge in [-0.1, -0.05) is 13.3 Å². The van der Waals surface area contributed by atoms with Crippen LogP contribution in [0, 0.1) is 11.8 Å². The zero-order valence-corrected chi connectivity index (χ0v) is 14.5. The number of hydrogen-bond acceptors (Lipinski definition) is 3. The molecule has 126 valence electrons. The number of piperidine rings is 1. The molecule has 2 aliphatic rings. The maximum Gasteiger partial charge on any atom is 0.243 e. The van der Waals surface area contributed by atoms with Gasteiger partial charge in [0, 0.05) is 24.2 Å². The van der Waals surface area contributed by atoms with E-state index in [2.05, 4.69) is 12.2 Å². The van der Waals surface area contributed by atoms with Crippen molar-refractivity contribution in [3.8, 4) is 0 Å². The Kier molecular flexibility index (Phi) is 4.47. The highest BCUT2D eigenvalue weighted by Gasteiger charge is 2.39. The van der Waals surface area contributed by atoms with Crippen LogP contribution in [-0.4, -0.2) is 31.2 Å². The Morgan fingerprint density at radius 3 is 2.39 bits per heavy atom. The average Bonchev–Trinajstić information content (AvgIpc) is 3.25. The Hall–Kier alpha value is -1.40. The number of carbonyl (C=O) groups is 1. The zero-order valence-electron chi connectivity index (χ0n) is 13.7. The fraction of sp³-hybridized carbons (Fsp3) is 0.588. The minimum Gasteiger partial charge on any atom is -0.326 e. The Bertz CT molecular complexity index is 684. The molecule has 0 aromatic heterocycles. The number of benzene rings is 1. The number of sulfonamides is 1. The summed E-state index contributed by atoms with van der Waals surface area (Å²) in [5.74, 6) is 0.584. The topological polar surface area (TPSA) is 66.5 Å². The van der Waals surface area contributed by atoms with Crippen LogP contribution in [0.5, 0.6) is 0 Å². The first-order chi connectivity index (χ1) is 10.9. The normalized spacial score (nSPS) is 28.3. The molecule has 3 rings (SSSR count). The molecule has 1 N–H and O–H groups in total. The second-order valence-corrected chi connectivity index (χ2v) is 8.68. The van der Waals surface area contributed by atoms with Gasteiger partial charge in [-0.15, -0.1) is 0 Å². The third kappa shape index (κ3) is 3.43. The van der Waals surface area contributed by atoms with Crippen LogP contribution >= 0.6 is 0 Å². The fourth-order valence-corrected chi connectivity index (χ4v) is 4.90. The van der Waals surface area contributed by atoms with Crippen LogP contribution in [0.4, 0.5) is 5.69 Å². The lowest BCUT2D eigenvalue weighted by atomic mass is 10.1. The Morgan fingerprint density at radius 1 is 1.17 bits per heavy atom. The van der Waals surface area contributed by atoms with E-state index in [-0.39, 0.29) is 17.9 Å². The van der Waals surface area contributed by atoms with Gasteiger partial charge in [-0.2, -0.15) is 4.31 Å². The van der Waals surface area contributed by atoms with Crippen molar-refractivity contribution in [2.75, 3.05) is 11.9 Å². The number of carbonyl (C=O) groups excluding carboxylic acids is 1. The number of amides is 1. The first kappa shape index (κ1) is 16.5. The standard InChI is InChI=1S/C17H24N2O3S/c1-12-11-16(12)17(20)18-14-6-8-15(9-7-14)23(21,22)19-10-4-3-5-13(19)2/h6-9,12-13,16H,3-5,10-11H2,1-2H3,(H,18,20). The number of anilines is 1. The quantitative estimate of drug-likeness (QED) is 0.919. The zero-order chi connectivity index (χ0) is 16.6. The van der Waals surface area contributed by atoms with Crippen molar-refractivity contribution in [1.29, 1.82) is 0 Å². The summed E-state index contributed by atoms with van der Waals surface area (Å²) in [7, 11) is -3.45. The summed E-state index contributed by atoms with van der Waals surface area (Å²) in [4.78, 5) is 12.2. The number of nitrogens with zero attached hydrogens (tertiary/aromatic N) is 1. The van der Waals surface area contributed by atoms with E-state index in [9.17, 15) is 13.2 Å². The van der Waals surface area contributed by atoms with Crippen LogP contribution in [0.1, 0.15) is 39.5 Å². The van der Waals surface area contributed by atoms with Gasteiger partial charge in [0.05, 0.1) is 4.90 Å². The third-order valence-corrected chi connectivity index (χ3v) is 6.94. The molecule has 1 saturated heterocycles. The molecule has 2 fully saturated rings. The van der Waals surface area contributed by atoms with Gasteiger partial charge in [-0.3, -0.25) is 4.79 Å². The minimum absolute atomic E-state index is 0.0257. The molecule has 0 bridgehead atoms. The Balaban J connectivity index is 1.72. The molecule has 3 unspecified atom stereocenters. The molecular formula is C17H24N2O3S. The predicted octanol–water partition coefficient (Wildman–Crippen LogP) is 2.84. The van der Waals surface area contributed by atoms with E-state index in [1.54, 1.807) is 28.6 Å². The lowest BCUT2D eigenvalue weighted by molar-refractivity contribution is -0.117. The van der Waals surface area contributed by atoms with Crippen LogP contribution in [0.25, 0.3) is 0 Å². The van der Waals surface area contributed by atoms with E-state index in [1.807, 2.05) is 6.92 Å². The predicted molar refractivity (Wildman–Crippen MR) is 89.5 cm³/mol. The van der Waals surface area contributed by atoms with Gasteiger partial charge >= 0.3 is 0 Å². The summed E-state index contributed by atoms with van der Waals surface area (Å²) in [6.45, 7) is 4.60. The molecule has 1 heterocycles. The highest BCUT2D eigenvalue weighted by atomic mass is 32.2. The van der Waals surface area contributed by atoms with Crippen molar-refractivity contribution < 1.29 is 13.2 Å². The van der Waals surface area contributed by atoms with Crippen LogP contribution in [0.2, 0.25) is 0 Å². The van der Waals surface area contributed by atoms with Gasteiger partial charge in [0.1, 0.15) is 0 Å². The van der Waals surface area contributed by atoms with Gasteiger partial charge in [-0.25, -0.2) is 8.42 Å². The maximum atomic E-state index is 12.7. The van der Waals surface area contributed by atoms with E-state index in [0.717, 1.165) is 25.7 Å². The lowest BCUT2D eigenvalue weighted by Crippen LogP contribution is -2.41. The molecule has 3 atom stereocenters. The van der Waals surface area contributed by atoms with Gasteiger partial charge in [-0.05, 0) is 56.4 Å². The molecule has 1 amide bonds. The molecule has 1 aliphatic heterocycles. The first-order valence-corrected chi connectivity index (χ1v) is 9.76. The number of nitrogens with one attached hydrogen (secondary N) is 1. The third-order valence-electron chi connectivity index (χ3n) is 4.92. The smallest absolute Gasteiger partial charge is 0.243 e. The van der Waals surface area contributed by atoms with Gasteiger partial charge in [0.2, 0.25) is 15.9 Å². The second-order valence-electron chi connectivity index (χ2n) is 6.79. The van der Waals surface area contributed by atoms with Crippen LogP contribution in [0.3, 0.4) is 0 Å². The van der Waals surface area contributed by atoms with Crippen molar-refractivity contribution >= 4 is 21.6 Å². The number of rotatable bonds is 4. The van der Waals surface area contributed by atoms with Crippen molar-refractivity contribution in [3.63, 3.8) is 0 Å². The Labute approximate surface area is 138 Å². The molecule has 1 aromatic rings. The van der Waals surface area contributed by atoms with Crippen molar-refractivity contribution in [2.24, 2.45) is 11.8 Å². The van der Waals surface area contributed by atoms with E-state index in [4.69, 9.17) is 0 Å². The maximum absolute atomic E-state index is 12.7. The van der Waals surface area contributed by atoms with Gasteiger partial charge < -0.3 is 5.32 Å². The van der Waals surface area contributed by atoms with Crippen molar-refractivity contribution in [2.45, 2.75) is 50.5 Å². The molecule has 1 aromatic carbocycles. The summed E-state index contributed by atoms with van der Waals surface area (Å²) < 4.78 is 27.1. The monoisotopic (exact) mass is 336 g/mol. The summed E-state index contributed by atoms with van der Waals surface area (Å²) in [6, 6.07) is 6.56. The second kappa shape index (κ2) is 6.24. The van der Waals surface area contributed by atoms with Crippen LogP contribution in [-0.2, 0) is 14.8 Å². The number of hydrogen-bond donors (Lipinski definition) is 1. The minimum atomic E-state index is -3.45. The van der Waals surface area contributed by atoms with E-state index in [0.29, 0.717) is 23.0 Å². The molecule has 23 heavy (non-hydrogen) atoms. The molecule has 1 aliphatic carbocycles. The van der Waals surface area contributed by atoms with E-state index < -0.39 is 10.0 Å². The molecule has 1 saturated carbocycles. The Morgan fingerprint density at radius 2 is 1.83 bits per heavy atom. The van der Waals surface area contributed by atoms with Crippen molar-refractivity contribution in [3.05, 3.63) is 24.3 Å². The first-order valence-electron chi connectivity index (χ1n) is 8.32. The molecule has 6 heteroatoms. The molecule has 0 spiro atoms. The van der Waals surface area contributed by atoms with E-state index in [1.165, 1.54) is 0 Å². The molecule has 5 nitrogen and oxygen atoms in total. The lowest BCUT2D eigenvalue weighted by Gasteiger charge is -2.32. The summed E-state index contributed by atoms with van der Waals surface area (Å²) in [5, 5.41) is 2.85. The van der Waals surface area contributed by atoms with Gasteiger partial charge in [0.25, 0.3) is 0 Å². The summed E-state index contributed by atoms with van der Waals surface area (Å²) in [6.07, 6.45) is 3.84. The fourth-order valence-electron chi connectivity index (χ4n) is 3.20. The van der Waals surface area contributed by atoms with Crippen molar-refractivity contribution in [1.82, 2.24) is 4.31 Å².